The van der Waals surface area contributed by atoms with Crippen molar-refractivity contribution in [2.75, 3.05) is 5.32 Å². The summed E-state index contributed by atoms with van der Waals surface area (Å²) in [6, 6.07) is 14.7. The van der Waals surface area contributed by atoms with Gasteiger partial charge in [-0.15, -0.1) is 11.3 Å². The highest BCUT2D eigenvalue weighted by molar-refractivity contribution is 7.16. The van der Waals surface area contributed by atoms with Crippen LogP contribution in [-0.2, 0) is 4.79 Å². The highest BCUT2D eigenvalue weighted by atomic mass is 35.5. The second-order valence-electron chi connectivity index (χ2n) is 5.30. The first-order valence-electron chi connectivity index (χ1n) is 7.49. The Morgan fingerprint density at radius 1 is 1.04 bits per heavy atom. The number of anilines is 1. The number of carbonyl (C=O) groups excluding carboxylic acids is 1. The number of nitrogens with one attached hydrogen (secondary N) is 1. The Morgan fingerprint density at radius 3 is 2.28 bits per heavy atom. The first-order chi connectivity index (χ1) is 12.0. The average Bonchev–Trinajstić information content (AvgIpc) is 2.95. The standard InChI is InChI=1S/C19H14Cl2N2OS/c1-12-18(14-5-9-16(21)10-6-14)23-19(25-12)22-17(24)11-4-13-2-7-15(20)8-3-13/h2-11H,1H3,(H,22,23,24). The van der Waals surface area contributed by atoms with Crippen LogP contribution in [-0.4, -0.2) is 10.9 Å². The number of amides is 1. The summed E-state index contributed by atoms with van der Waals surface area (Å²) in [7, 11) is 0. The fourth-order valence-electron chi connectivity index (χ4n) is 2.22. The normalized spacial score (nSPS) is 11.0. The summed E-state index contributed by atoms with van der Waals surface area (Å²) in [6.07, 6.45) is 3.20. The zero-order valence-electron chi connectivity index (χ0n) is 13.3. The molecule has 1 aromatic heterocycles. The molecular formula is C19H14Cl2N2OS. The average molecular weight is 389 g/mol. The van der Waals surface area contributed by atoms with Gasteiger partial charge in [-0.2, -0.15) is 0 Å². The van der Waals surface area contributed by atoms with E-state index >= 15 is 0 Å². The van der Waals surface area contributed by atoms with Gasteiger partial charge in [-0.25, -0.2) is 4.98 Å². The van der Waals surface area contributed by atoms with Crippen LogP contribution in [0.3, 0.4) is 0 Å². The van der Waals surface area contributed by atoms with Crippen molar-refractivity contribution in [2.24, 2.45) is 0 Å². The maximum Gasteiger partial charge on any atom is 0.250 e. The molecule has 126 valence electrons. The Labute approximate surface area is 159 Å². The number of halogens is 2. The third kappa shape index (κ3) is 4.69. The maximum atomic E-state index is 12.1. The van der Waals surface area contributed by atoms with Gasteiger partial charge in [0.05, 0.1) is 5.69 Å². The molecule has 0 aliphatic heterocycles. The largest absolute Gasteiger partial charge is 0.298 e. The fraction of sp³-hybridized carbons (Fsp3) is 0.0526. The van der Waals surface area contributed by atoms with E-state index in [1.807, 2.05) is 43.3 Å². The Morgan fingerprint density at radius 2 is 1.64 bits per heavy atom. The minimum atomic E-state index is -0.230. The molecule has 0 spiro atoms. The second-order valence-corrected chi connectivity index (χ2v) is 7.38. The molecule has 25 heavy (non-hydrogen) atoms. The molecule has 1 heterocycles. The van der Waals surface area contributed by atoms with Crippen molar-refractivity contribution in [1.82, 2.24) is 4.98 Å². The molecule has 0 unspecified atom stereocenters. The molecule has 0 aliphatic carbocycles. The van der Waals surface area contributed by atoms with E-state index in [9.17, 15) is 4.79 Å². The Kier molecular flexibility index (Phi) is 5.53. The molecule has 3 nitrogen and oxygen atoms in total. The van der Waals surface area contributed by atoms with Gasteiger partial charge in [0.1, 0.15) is 0 Å². The van der Waals surface area contributed by atoms with Crippen molar-refractivity contribution in [3.05, 3.63) is 75.1 Å². The Hall–Kier alpha value is -2.14. The van der Waals surface area contributed by atoms with Gasteiger partial charge in [-0.1, -0.05) is 47.5 Å². The Bertz CT molecular complexity index is 916. The summed E-state index contributed by atoms with van der Waals surface area (Å²) in [5.41, 5.74) is 2.71. The molecule has 0 saturated carbocycles. The maximum absolute atomic E-state index is 12.1. The smallest absolute Gasteiger partial charge is 0.250 e. The molecule has 0 aliphatic rings. The number of benzene rings is 2. The van der Waals surface area contributed by atoms with Gasteiger partial charge in [-0.3, -0.25) is 10.1 Å². The molecule has 2 aromatic carbocycles. The van der Waals surface area contributed by atoms with Crippen LogP contribution >= 0.6 is 34.5 Å². The predicted octanol–water partition coefficient (Wildman–Crippen LogP) is 6.08. The quantitative estimate of drug-likeness (QED) is 0.550. The van der Waals surface area contributed by atoms with Gasteiger partial charge in [0.15, 0.2) is 5.13 Å². The van der Waals surface area contributed by atoms with Crippen LogP contribution in [0.4, 0.5) is 5.13 Å². The van der Waals surface area contributed by atoms with E-state index in [1.54, 1.807) is 18.2 Å². The summed E-state index contributed by atoms with van der Waals surface area (Å²) < 4.78 is 0. The van der Waals surface area contributed by atoms with Crippen LogP contribution in [0.25, 0.3) is 17.3 Å². The van der Waals surface area contributed by atoms with Crippen LogP contribution in [0.1, 0.15) is 10.4 Å². The van der Waals surface area contributed by atoms with Crippen molar-refractivity contribution in [3.8, 4) is 11.3 Å². The fourth-order valence-corrected chi connectivity index (χ4v) is 3.31. The zero-order valence-corrected chi connectivity index (χ0v) is 15.6. The summed E-state index contributed by atoms with van der Waals surface area (Å²) in [4.78, 5) is 17.6. The van der Waals surface area contributed by atoms with Crippen LogP contribution < -0.4 is 5.32 Å². The van der Waals surface area contributed by atoms with E-state index in [1.165, 1.54) is 17.4 Å². The second kappa shape index (κ2) is 7.83. The van der Waals surface area contributed by atoms with Gasteiger partial charge in [0.2, 0.25) is 5.91 Å². The van der Waals surface area contributed by atoms with E-state index in [-0.39, 0.29) is 5.91 Å². The summed E-state index contributed by atoms with van der Waals surface area (Å²) in [5, 5.41) is 4.70. The molecule has 0 radical (unpaired) electrons. The molecule has 0 fully saturated rings. The number of aromatic nitrogens is 1. The van der Waals surface area contributed by atoms with Crippen LogP contribution in [0.2, 0.25) is 10.0 Å². The monoisotopic (exact) mass is 388 g/mol. The van der Waals surface area contributed by atoms with Crippen molar-refractivity contribution in [3.63, 3.8) is 0 Å². The van der Waals surface area contributed by atoms with Crippen LogP contribution in [0.15, 0.2) is 54.6 Å². The van der Waals surface area contributed by atoms with Gasteiger partial charge in [0, 0.05) is 26.6 Å². The molecule has 6 heteroatoms. The van der Waals surface area contributed by atoms with Crippen molar-refractivity contribution < 1.29 is 4.79 Å². The van der Waals surface area contributed by atoms with E-state index < -0.39 is 0 Å². The summed E-state index contributed by atoms with van der Waals surface area (Å²) >= 11 is 13.2. The first-order valence-corrected chi connectivity index (χ1v) is 9.06. The molecule has 1 N–H and O–H groups in total. The van der Waals surface area contributed by atoms with Gasteiger partial charge in [0.25, 0.3) is 0 Å². The number of thiazole rings is 1. The lowest BCUT2D eigenvalue weighted by Crippen LogP contribution is -2.07. The van der Waals surface area contributed by atoms with E-state index in [4.69, 9.17) is 23.2 Å². The lowest BCUT2D eigenvalue weighted by Gasteiger charge is -1.98. The SMILES string of the molecule is Cc1sc(NC(=O)C=Cc2ccc(Cl)cc2)nc1-c1ccc(Cl)cc1. The van der Waals surface area contributed by atoms with E-state index in [0.29, 0.717) is 15.2 Å². The number of hydrogen-bond acceptors (Lipinski definition) is 3. The third-order valence-electron chi connectivity index (χ3n) is 3.44. The topological polar surface area (TPSA) is 42.0 Å². The number of hydrogen-bond donors (Lipinski definition) is 1. The minimum absolute atomic E-state index is 0.230. The lowest BCUT2D eigenvalue weighted by molar-refractivity contribution is -0.111. The Balaban J connectivity index is 1.70. The van der Waals surface area contributed by atoms with Crippen molar-refractivity contribution >= 4 is 51.7 Å². The molecule has 1 amide bonds. The number of nitrogens with zero attached hydrogens (tertiary/aromatic N) is 1. The highest BCUT2D eigenvalue weighted by Gasteiger charge is 2.11. The van der Waals surface area contributed by atoms with E-state index in [0.717, 1.165) is 21.7 Å². The molecule has 3 aromatic rings. The molecule has 3 rings (SSSR count). The minimum Gasteiger partial charge on any atom is -0.298 e. The lowest BCUT2D eigenvalue weighted by atomic mass is 10.1. The highest BCUT2D eigenvalue weighted by Crippen LogP contribution is 2.31. The van der Waals surface area contributed by atoms with Crippen molar-refractivity contribution in [2.45, 2.75) is 6.92 Å². The zero-order chi connectivity index (χ0) is 17.8. The summed E-state index contributed by atoms with van der Waals surface area (Å²) in [6.45, 7) is 1.97. The summed E-state index contributed by atoms with van der Waals surface area (Å²) in [5.74, 6) is -0.230. The molecule has 0 saturated heterocycles. The van der Waals surface area contributed by atoms with Crippen LogP contribution in [0.5, 0.6) is 0 Å². The molecular weight excluding hydrogens is 375 g/mol. The number of aryl methyl sites for hydroxylation is 1. The van der Waals surface area contributed by atoms with E-state index in [2.05, 4.69) is 10.3 Å². The molecule has 0 bridgehead atoms. The van der Waals surface area contributed by atoms with Crippen LogP contribution in [0, 0.1) is 6.92 Å². The van der Waals surface area contributed by atoms with Crippen molar-refractivity contribution in [1.29, 1.82) is 0 Å². The molecule has 0 atom stereocenters. The van der Waals surface area contributed by atoms with Gasteiger partial charge < -0.3 is 0 Å². The van der Waals surface area contributed by atoms with Gasteiger partial charge in [-0.05, 0) is 42.8 Å². The number of carbonyl (C=O) groups is 1. The number of rotatable bonds is 4. The predicted molar refractivity (Wildman–Crippen MR) is 106 cm³/mol. The third-order valence-corrected chi connectivity index (χ3v) is 4.83. The van der Waals surface area contributed by atoms with Gasteiger partial charge >= 0.3 is 0 Å². The first kappa shape index (κ1) is 17.7.